The van der Waals surface area contributed by atoms with Crippen LogP contribution in [0.1, 0.15) is 12.0 Å². The minimum absolute atomic E-state index is 0.0620. The number of halogens is 3. The van der Waals surface area contributed by atoms with Gasteiger partial charge in [-0.1, -0.05) is 0 Å². The Morgan fingerprint density at radius 2 is 1.74 bits per heavy atom. The highest BCUT2D eigenvalue weighted by Gasteiger charge is 2.33. The fourth-order valence-electron chi connectivity index (χ4n) is 2.01. The van der Waals surface area contributed by atoms with Gasteiger partial charge in [-0.2, -0.15) is 13.2 Å². The molecular weight excluding hydrogens is 371 g/mol. The van der Waals surface area contributed by atoms with Gasteiger partial charge in [0.15, 0.2) is 0 Å². The predicted molar refractivity (Wildman–Crippen MR) is 86.7 cm³/mol. The third kappa shape index (κ3) is 5.59. The lowest BCUT2D eigenvalue weighted by Crippen LogP contribution is -2.07. The molecule has 0 N–H and O–H groups in total. The van der Waals surface area contributed by atoms with Crippen molar-refractivity contribution in [3.63, 3.8) is 0 Å². The van der Waals surface area contributed by atoms with E-state index in [-0.39, 0.29) is 24.5 Å². The number of ether oxygens (including phenoxy) is 3. The molecule has 2 rings (SSSR count). The quantitative estimate of drug-likeness (QED) is 0.400. The molecule has 0 aromatic heterocycles. The van der Waals surface area contributed by atoms with Crippen molar-refractivity contribution < 1.29 is 37.1 Å². The van der Waals surface area contributed by atoms with Crippen molar-refractivity contribution in [2.75, 3.05) is 13.7 Å². The molecule has 0 radical (unpaired) electrons. The zero-order valence-electron chi connectivity index (χ0n) is 14.0. The molecule has 0 aliphatic heterocycles. The Hall–Kier alpha value is -3.30. The third-order valence-corrected chi connectivity index (χ3v) is 3.34. The maximum Gasteiger partial charge on any atom is 0.416 e. The minimum atomic E-state index is -4.70. The second-order valence-corrected chi connectivity index (χ2v) is 5.19. The summed E-state index contributed by atoms with van der Waals surface area (Å²) in [6, 6.07) is 7.84. The van der Waals surface area contributed by atoms with Crippen molar-refractivity contribution in [2.45, 2.75) is 12.6 Å². The van der Waals surface area contributed by atoms with Crippen molar-refractivity contribution in [3.05, 3.63) is 58.1 Å². The van der Waals surface area contributed by atoms with Crippen LogP contribution in [0, 0.1) is 10.1 Å². The summed E-state index contributed by atoms with van der Waals surface area (Å²) in [5, 5.41) is 11.0. The maximum atomic E-state index is 12.7. The van der Waals surface area contributed by atoms with Crippen LogP contribution in [0.25, 0.3) is 0 Å². The van der Waals surface area contributed by atoms with Crippen LogP contribution >= 0.6 is 0 Å². The molecule has 0 heterocycles. The fourth-order valence-corrected chi connectivity index (χ4v) is 2.01. The first-order chi connectivity index (χ1) is 12.7. The molecule has 0 aliphatic carbocycles. The van der Waals surface area contributed by atoms with Crippen molar-refractivity contribution in [1.82, 2.24) is 0 Å². The Kier molecular flexibility index (Phi) is 6.22. The molecule has 7 nitrogen and oxygen atoms in total. The minimum Gasteiger partial charge on any atom is -0.493 e. The molecule has 144 valence electrons. The standard InChI is InChI=1S/C17H14F3NO6/c1-25-16(22)8-9-26-12-3-5-13(6-4-12)27-15-7-2-11(17(18,19)20)10-14(15)21(23)24/h2-7,10H,8-9H2,1H3. The fraction of sp³-hybridized carbons (Fsp3) is 0.235. The van der Waals surface area contributed by atoms with Crippen molar-refractivity contribution in [1.29, 1.82) is 0 Å². The molecule has 0 atom stereocenters. The van der Waals surface area contributed by atoms with E-state index < -0.39 is 28.3 Å². The van der Waals surface area contributed by atoms with Gasteiger partial charge in [-0.05, 0) is 36.4 Å². The van der Waals surface area contributed by atoms with E-state index in [4.69, 9.17) is 9.47 Å². The SMILES string of the molecule is COC(=O)CCOc1ccc(Oc2ccc(C(F)(F)F)cc2[N+](=O)[O-])cc1. The number of methoxy groups -OCH3 is 1. The van der Waals surface area contributed by atoms with E-state index in [0.29, 0.717) is 17.9 Å². The molecule has 0 spiro atoms. The zero-order chi connectivity index (χ0) is 20.0. The number of hydrogen-bond donors (Lipinski definition) is 0. The van der Waals surface area contributed by atoms with E-state index >= 15 is 0 Å². The summed E-state index contributed by atoms with van der Waals surface area (Å²) >= 11 is 0. The van der Waals surface area contributed by atoms with Gasteiger partial charge in [-0.3, -0.25) is 14.9 Å². The normalized spacial score (nSPS) is 11.0. The Morgan fingerprint density at radius 1 is 1.11 bits per heavy atom. The lowest BCUT2D eigenvalue weighted by atomic mass is 10.2. The molecule has 0 unspecified atom stereocenters. The first-order valence-electron chi connectivity index (χ1n) is 7.54. The van der Waals surface area contributed by atoms with E-state index in [2.05, 4.69) is 4.74 Å². The molecule has 0 fully saturated rings. The number of esters is 1. The van der Waals surface area contributed by atoms with Gasteiger partial charge in [0, 0.05) is 6.07 Å². The number of alkyl halides is 3. The Labute approximate surface area is 151 Å². The lowest BCUT2D eigenvalue weighted by molar-refractivity contribution is -0.385. The van der Waals surface area contributed by atoms with Gasteiger partial charge in [0.25, 0.3) is 0 Å². The highest BCUT2D eigenvalue weighted by molar-refractivity contribution is 5.69. The number of carbonyl (C=O) groups is 1. The summed E-state index contributed by atoms with van der Waals surface area (Å²) in [6.07, 6.45) is -4.64. The Bertz CT molecular complexity index is 820. The summed E-state index contributed by atoms with van der Waals surface area (Å²) in [7, 11) is 1.26. The van der Waals surface area contributed by atoms with Gasteiger partial charge in [0.05, 0.1) is 30.6 Å². The molecule has 27 heavy (non-hydrogen) atoms. The number of benzene rings is 2. The van der Waals surface area contributed by atoms with Crippen LogP contribution in [-0.4, -0.2) is 24.6 Å². The van der Waals surface area contributed by atoms with E-state index in [9.17, 15) is 28.1 Å². The smallest absolute Gasteiger partial charge is 0.416 e. The molecular formula is C17H14F3NO6. The first-order valence-corrected chi connectivity index (χ1v) is 7.54. The third-order valence-electron chi connectivity index (χ3n) is 3.34. The molecule has 2 aromatic carbocycles. The number of carbonyl (C=O) groups excluding carboxylic acids is 1. The van der Waals surface area contributed by atoms with Crippen LogP contribution in [-0.2, 0) is 15.7 Å². The summed E-state index contributed by atoms with van der Waals surface area (Å²) in [6.45, 7) is 0.0945. The summed E-state index contributed by atoms with van der Waals surface area (Å²) in [5.74, 6) is -0.178. The molecule has 0 amide bonds. The summed E-state index contributed by atoms with van der Waals surface area (Å²) in [5.41, 5.74) is -1.95. The highest BCUT2D eigenvalue weighted by Crippen LogP contribution is 2.38. The number of nitro groups is 1. The van der Waals surface area contributed by atoms with Crippen molar-refractivity contribution in [3.8, 4) is 17.2 Å². The van der Waals surface area contributed by atoms with Crippen molar-refractivity contribution in [2.24, 2.45) is 0 Å². The number of nitrogens with zero attached hydrogens (tertiary/aromatic N) is 1. The molecule has 0 saturated heterocycles. The second kappa shape index (κ2) is 8.39. The van der Waals surface area contributed by atoms with Gasteiger partial charge >= 0.3 is 17.8 Å². The van der Waals surface area contributed by atoms with Crippen molar-refractivity contribution >= 4 is 11.7 Å². The van der Waals surface area contributed by atoms with E-state index in [1.165, 1.54) is 31.4 Å². The Balaban J connectivity index is 2.10. The van der Waals surface area contributed by atoms with Gasteiger partial charge in [0.1, 0.15) is 11.5 Å². The van der Waals surface area contributed by atoms with Crippen LogP contribution in [0.15, 0.2) is 42.5 Å². The topological polar surface area (TPSA) is 87.9 Å². The van der Waals surface area contributed by atoms with Crippen LogP contribution in [0.3, 0.4) is 0 Å². The van der Waals surface area contributed by atoms with E-state index in [1.807, 2.05) is 0 Å². The first kappa shape index (κ1) is 20.0. The summed E-state index contributed by atoms with van der Waals surface area (Å²) < 4.78 is 53.2. The molecule has 2 aromatic rings. The molecule has 0 bridgehead atoms. The zero-order valence-corrected chi connectivity index (χ0v) is 14.0. The van der Waals surface area contributed by atoms with Crippen LogP contribution in [0.4, 0.5) is 18.9 Å². The van der Waals surface area contributed by atoms with Gasteiger partial charge in [-0.25, -0.2) is 0 Å². The predicted octanol–water partition coefficient (Wildman–Crippen LogP) is 4.35. The van der Waals surface area contributed by atoms with Gasteiger partial charge in [-0.15, -0.1) is 0 Å². The molecule has 0 saturated carbocycles. The van der Waals surface area contributed by atoms with Gasteiger partial charge in [0.2, 0.25) is 5.75 Å². The molecule has 10 heteroatoms. The largest absolute Gasteiger partial charge is 0.493 e. The molecule has 0 aliphatic rings. The lowest BCUT2D eigenvalue weighted by Gasteiger charge is -2.10. The second-order valence-electron chi connectivity index (χ2n) is 5.19. The van der Waals surface area contributed by atoms with E-state index in [1.54, 1.807) is 0 Å². The number of nitro benzene ring substituents is 1. The average Bonchev–Trinajstić information content (AvgIpc) is 2.62. The van der Waals surface area contributed by atoms with Crippen LogP contribution < -0.4 is 9.47 Å². The monoisotopic (exact) mass is 385 g/mol. The average molecular weight is 385 g/mol. The summed E-state index contributed by atoms with van der Waals surface area (Å²) in [4.78, 5) is 21.1. The maximum absolute atomic E-state index is 12.7. The number of hydrogen-bond acceptors (Lipinski definition) is 6. The Morgan fingerprint density at radius 3 is 2.30 bits per heavy atom. The van der Waals surface area contributed by atoms with Crippen LogP contribution in [0.5, 0.6) is 17.2 Å². The van der Waals surface area contributed by atoms with E-state index in [0.717, 1.165) is 6.07 Å². The van der Waals surface area contributed by atoms with Crippen LogP contribution in [0.2, 0.25) is 0 Å². The highest BCUT2D eigenvalue weighted by atomic mass is 19.4. The number of rotatable bonds is 7. The van der Waals surface area contributed by atoms with Gasteiger partial charge < -0.3 is 14.2 Å².